The smallest absolute Gasteiger partial charge is 0.336 e. The van der Waals surface area contributed by atoms with E-state index in [2.05, 4.69) is 5.10 Å². The van der Waals surface area contributed by atoms with Crippen LogP contribution < -0.4 is 5.69 Å². The maximum Gasteiger partial charge on any atom is 0.346 e. The van der Waals surface area contributed by atoms with Crippen LogP contribution in [0.3, 0.4) is 0 Å². The molecule has 0 bridgehead atoms. The van der Waals surface area contributed by atoms with Gasteiger partial charge < -0.3 is 4.90 Å². The minimum Gasteiger partial charge on any atom is -0.336 e. The number of fused-ring (bicyclic) bond motifs is 1. The molecule has 1 aromatic rings. The fourth-order valence-corrected chi connectivity index (χ4v) is 3.11. The molecule has 0 saturated heterocycles. The fourth-order valence-electron chi connectivity index (χ4n) is 3.11. The van der Waals surface area contributed by atoms with E-state index in [1.54, 1.807) is 9.47 Å². The Morgan fingerprint density at radius 2 is 1.86 bits per heavy atom. The Morgan fingerprint density at radius 1 is 1.19 bits per heavy atom. The van der Waals surface area contributed by atoms with Crippen molar-refractivity contribution >= 4 is 5.91 Å². The van der Waals surface area contributed by atoms with E-state index in [9.17, 15) is 9.59 Å². The summed E-state index contributed by atoms with van der Waals surface area (Å²) in [6.45, 7) is 8.72. The van der Waals surface area contributed by atoms with Crippen molar-refractivity contribution in [3.05, 3.63) is 16.3 Å². The monoisotopic (exact) mass is 294 g/mol. The Bertz CT molecular complexity index is 549. The molecule has 0 atom stereocenters. The van der Waals surface area contributed by atoms with Gasteiger partial charge in [-0.05, 0) is 40.5 Å². The first kappa shape index (κ1) is 15.8. The minimum atomic E-state index is -0.146. The first-order chi connectivity index (χ1) is 9.91. The van der Waals surface area contributed by atoms with Gasteiger partial charge in [0.1, 0.15) is 12.4 Å². The summed E-state index contributed by atoms with van der Waals surface area (Å²) in [5.74, 6) is 0.779. The van der Waals surface area contributed by atoms with Crippen molar-refractivity contribution in [2.24, 2.45) is 0 Å². The van der Waals surface area contributed by atoms with E-state index in [0.717, 1.165) is 38.1 Å². The molecule has 0 radical (unpaired) electrons. The van der Waals surface area contributed by atoms with Gasteiger partial charge in [0.15, 0.2) is 0 Å². The van der Waals surface area contributed by atoms with Crippen molar-refractivity contribution in [3.63, 3.8) is 0 Å². The molecule has 0 fully saturated rings. The van der Waals surface area contributed by atoms with E-state index in [1.807, 2.05) is 27.7 Å². The molecule has 0 aliphatic carbocycles. The van der Waals surface area contributed by atoms with E-state index in [1.165, 1.54) is 4.68 Å². The highest BCUT2D eigenvalue weighted by atomic mass is 16.2. The lowest BCUT2D eigenvalue weighted by Gasteiger charge is -2.30. The first-order valence-corrected chi connectivity index (χ1v) is 7.89. The number of rotatable bonds is 4. The average molecular weight is 294 g/mol. The zero-order valence-electron chi connectivity index (χ0n) is 13.5. The number of carbonyl (C=O) groups is 1. The first-order valence-electron chi connectivity index (χ1n) is 7.89. The summed E-state index contributed by atoms with van der Waals surface area (Å²) in [5.41, 5.74) is -0.146. The maximum absolute atomic E-state index is 12.4. The summed E-state index contributed by atoms with van der Waals surface area (Å²) < 4.78 is 3.07. The van der Waals surface area contributed by atoms with Crippen molar-refractivity contribution in [2.45, 2.75) is 78.6 Å². The number of hydrogen-bond donors (Lipinski definition) is 0. The van der Waals surface area contributed by atoms with Crippen LogP contribution in [0.4, 0.5) is 0 Å². The van der Waals surface area contributed by atoms with Crippen molar-refractivity contribution < 1.29 is 4.79 Å². The van der Waals surface area contributed by atoms with Gasteiger partial charge in [-0.3, -0.25) is 9.36 Å². The van der Waals surface area contributed by atoms with Crippen molar-refractivity contribution in [2.75, 3.05) is 0 Å². The summed E-state index contributed by atoms with van der Waals surface area (Å²) in [6, 6.07) is 0.238. The van der Waals surface area contributed by atoms with Crippen LogP contribution in [0.2, 0.25) is 0 Å². The molecule has 6 nitrogen and oxygen atoms in total. The van der Waals surface area contributed by atoms with Crippen LogP contribution >= 0.6 is 0 Å². The fraction of sp³-hybridized carbons (Fsp3) is 0.800. The maximum atomic E-state index is 12.4. The quantitative estimate of drug-likeness (QED) is 0.843. The van der Waals surface area contributed by atoms with E-state index in [4.69, 9.17) is 0 Å². The van der Waals surface area contributed by atoms with E-state index < -0.39 is 0 Å². The molecular weight excluding hydrogens is 268 g/mol. The lowest BCUT2D eigenvalue weighted by atomic mass is 10.2. The molecule has 21 heavy (non-hydrogen) atoms. The third-order valence-corrected chi connectivity index (χ3v) is 3.97. The number of aromatic nitrogens is 3. The summed E-state index contributed by atoms with van der Waals surface area (Å²) in [6.07, 6.45) is 4.04. The molecule has 0 aromatic carbocycles. The summed E-state index contributed by atoms with van der Waals surface area (Å²) >= 11 is 0. The number of amides is 1. The second-order valence-electron chi connectivity index (χ2n) is 6.31. The number of nitrogens with zero attached hydrogens (tertiary/aromatic N) is 4. The van der Waals surface area contributed by atoms with Crippen LogP contribution in [0.1, 0.15) is 52.8 Å². The van der Waals surface area contributed by atoms with E-state index >= 15 is 0 Å². The third kappa shape index (κ3) is 3.36. The Morgan fingerprint density at radius 3 is 2.48 bits per heavy atom. The Balaban J connectivity index is 2.20. The third-order valence-electron chi connectivity index (χ3n) is 3.97. The lowest BCUT2D eigenvalue weighted by Crippen LogP contribution is -2.45. The Kier molecular flexibility index (Phi) is 4.85. The van der Waals surface area contributed by atoms with Gasteiger partial charge in [-0.1, -0.05) is 6.42 Å². The highest BCUT2D eigenvalue weighted by Crippen LogP contribution is 2.11. The predicted molar refractivity (Wildman–Crippen MR) is 81.2 cm³/mol. The Hall–Kier alpha value is -1.59. The molecule has 0 saturated carbocycles. The van der Waals surface area contributed by atoms with Gasteiger partial charge in [-0.2, -0.15) is 5.10 Å². The van der Waals surface area contributed by atoms with Crippen LogP contribution in [0.15, 0.2) is 4.79 Å². The average Bonchev–Trinajstić information content (AvgIpc) is 2.57. The summed E-state index contributed by atoms with van der Waals surface area (Å²) in [7, 11) is 0. The molecule has 0 spiro atoms. The summed E-state index contributed by atoms with van der Waals surface area (Å²) in [5, 5.41) is 4.37. The zero-order valence-corrected chi connectivity index (χ0v) is 13.5. The molecule has 1 amide bonds. The molecule has 2 heterocycles. The van der Waals surface area contributed by atoms with Gasteiger partial charge in [0, 0.05) is 25.0 Å². The number of hydrogen-bond acceptors (Lipinski definition) is 3. The van der Waals surface area contributed by atoms with Gasteiger partial charge in [-0.15, -0.1) is 0 Å². The van der Waals surface area contributed by atoms with Gasteiger partial charge in [-0.25, -0.2) is 9.48 Å². The van der Waals surface area contributed by atoms with Crippen LogP contribution in [0, 0.1) is 0 Å². The lowest BCUT2D eigenvalue weighted by molar-refractivity contribution is -0.135. The molecule has 6 heteroatoms. The highest BCUT2D eigenvalue weighted by Gasteiger charge is 2.23. The second kappa shape index (κ2) is 6.45. The molecule has 1 aromatic heterocycles. The predicted octanol–water partition coefficient (Wildman–Crippen LogP) is 1.42. The van der Waals surface area contributed by atoms with Crippen LogP contribution in [-0.2, 0) is 24.3 Å². The molecule has 118 valence electrons. The van der Waals surface area contributed by atoms with E-state index in [-0.39, 0.29) is 30.2 Å². The van der Waals surface area contributed by atoms with Crippen molar-refractivity contribution in [3.8, 4) is 0 Å². The van der Waals surface area contributed by atoms with Gasteiger partial charge in [0.25, 0.3) is 0 Å². The van der Waals surface area contributed by atoms with Gasteiger partial charge in [0.2, 0.25) is 5.91 Å². The molecule has 1 aliphatic rings. The normalized spacial score (nSPS) is 15.1. The van der Waals surface area contributed by atoms with Crippen LogP contribution in [-0.4, -0.2) is 37.2 Å². The zero-order chi connectivity index (χ0) is 15.6. The number of aryl methyl sites for hydroxylation is 1. The minimum absolute atomic E-state index is 0.0369. The highest BCUT2D eigenvalue weighted by molar-refractivity contribution is 5.76. The SMILES string of the molecule is CC(C)N(C(=O)Cn1nc2n(c1=O)CCCCC2)C(C)C. The standard InChI is InChI=1S/C15H26N4O2/c1-11(2)19(12(3)4)14(20)10-18-15(21)17-9-7-5-6-8-13(17)16-18/h11-12H,5-10H2,1-4H3. The van der Waals surface area contributed by atoms with E-state index in [0.29, 0.717) is 0 Å². The largest absolute Gasteiger partial charge is 0.346 e. The van der Waals surface area contributed by atoms with Gasteiger partial charge >= 0.3 is 5.69 Å². The van der Waals surface area contributed by atoms with Crippen molar-refractivity contribution in [1.82, 2.24) is 19.2 Å². The molecule has 0 N–H and O–H groups in total. The number of carbonyl (C=O) groups excluding carboxylic acids is 1. The molecular formula is C15H26N4O2. The van der Waals surface area contributed by atoms with Gasteiger partial charge in [0.05, 0.1) is 0 Å². The Labute approximate surface area is 125 Å². The molecule has 1 aliphatic heterocycles. The van der Waals surface area contributed by atoms with Crippen LogP contribution in [0.5, 0.6) is 0 Å². The van der Waals surface area contributed by atoms with Crippen LogP contribution in [0.25, 0.3) is 0 Å². The molecule has 0 unspecified atom stereocenters. The van der Waals surface area contributed by atoms with Crippen molar-refractivity contribution in [1.29, 1.82) is 0 Å². The summed E-state index contributed by atoms with van der Waals surface area (Å²) in [4.78, 5) is 26.6. The second-order valence-corrected chi connectivity index (χ2v) is 6.31. The molecule has 2 rings (SSSR count). The topological polar surface area (TPSA) is 60.1 Å².